The lowest BCUT2D eigenvalue weighted by atomic mass is 9.95. The lowest BCUT2D eigenvalue weighted by Crippen LogP contribution is -2.46. The van der Waals surface area contributed by atoms with E-state index in [1.54, 1.807) is 29.0 Å². The predicted molar refractivity (Wildman–Crippen MR) is 93.7 cm³/mol. The van der Waals surface area contributed by atoms with Crippen LogP contribution >= 0.6 is 0 Å². The van der Waals surface area contributed by atoms with Crippen LogP contribution in [0.1, 0.15) is 32.3 Å². The van der Waals surface area contributed by atoms with Crippen LogP contribution in [0.15, 0.2) is 24.3 Å². The number of carbonyl (C=O) groups excluding carboxylic acids is 2. The third-order valence-electron chi connectivity index (χ3n) is 4.49. The van der Waals surface area contributed by atoms with Gasteiger partial charge < -0.3 is 9.80 Å². The number of benzene rings is 1. The molecule has 25 heavy (non-hydrogen) atoms. The van der Waals surface area contributed by atoms with Crippen molar-refractivity contribution in [3.05, 3.63) is 39.9 Å². The van der Waals surface area contributed by atoms with Gasteiger partial charge in [0.05, 0.1) is 10.8 Å². The Kier molecular flexibility index (Phi) is 6.12. The van der Waals surface area contributed by atoms with Crippen LogP contribution in [0.25, 0.3) is 0 Å². The van der Waals surface area contributed by atoms with Gasteiger partial charge in [-0.2, -0.15) is 0 Å². The number of nitrogens with zero attached hydrogens (tertiary/aromatic N) is 3. The van der Waals surface area contributed by atoms with E-state index in [0.717, 1.165) is 18.4 Å². The van der Waals surface area contributed by atoms with E-state index in [2.05, 4.69) is 0 Å². The van der Waals surface area contributed by atoms with Crippen LogP contribution in [0.3, 0.4) is 0 Å². The van der Waals surface area contributed by atoms with Crippen molar-refractivity contribution >= 4 is 17.5 Å². The second-order valence-corrected chi connectivity index (χ2v) is 6.90. The summed E-state index contributed by atoms with van der Waals surface area (Å²) >= 11 is 0. The van der Waals surface area contributed by atoms with Gasteiger partial charge in [-0.25, -0.2) is 0 Å². The molecule has 1 atom stereocenters. The Hall–Kier alpha value is -2.44. The molecule has 0 aromatic heterocycles. The molecule has 136 valence electrons. The van der Waals surface area contributed by atoms with Gasteiger partial charge in [0.2, 0.25) is 11.8 Å². The Morgan fingerprint density at radius 2 is 2.12 bits per heavy atom. The minimum absolute atomic E-state index is 0.0183. The van der Waals surface area contributed by atoms with Gasteiger partial charge in [0, 0.05) is 44.7 Å². The molecule has 7 nitrogen and oxygen atoms in total. The Morgan fingerprint density at radius 3 is 2.76 bits per heavy atom. The van der Waals surface area contributed by atoms with E-state index < -0.39 is 4.92 Å². The molecule has 1 aromatic carbocycles. The van der Waals surface area contributed by atoms with Gasteiger partial charge in [0.1, 0.15) is 0 Å². The number of hydrogen-bond donors (Lipinski definition) is 0. The summed E-state index contributed by atoms with van der Waals surface area (Å²) in [6, 6.07) is 6.31. The molecule has 0 saturated carbocycles. The standard InChI is InChI=1S/C18H25N3O4/c1-13(2)17(22)20-9-5-7-15(12-20)18(23)19(3)11-14-6-4-8-16(10-14)21(24)25/h4,6,8,10,13,15H,5,7,9,11-12H2,1-3H3. The van der Waals surface area contributed by atoms with Crippen LogP contribution in [0.2, 0.25) is 0 Å². The normalized spacial score (nSPS) is 17.4. The molecule has 1 aliphatic heterocycles. The van der Waals surface area contributed by atoms with Crippen LogP contribution in [-0.2, 0) is 16.1 Å². The molecule has 1 saturated heterocycles. The fourth-order valence-electron chi connectivity index (χ4n) is 3.18. The number of nitro groups is 1. The van der Waals surface area contributed by atoms with Crippen molar-refractivity contribution in [3.63, 3.8) is 0 Å². The summed E-state index contributed by atoms with van der Waals surface area (Å²) in [4.78, 5) is 38.7. The molecular formula is C18H25N3O4. The average Bonchev–Trinajstić information content (AvgIpc) is 2.60. The van der Waals surface area contributed by atoms with Gasteiger partial charge in [-0.15, -0.1) is 0 Å². The third-order valence-corrected chi connectivity index (χ3v) is 4.49. The third kappa shape index (κ3) is 4.78. The van der Waals surface area contributed by atoms with E-state index in [1.807, 2.05) is 13.8 Å². The monoisotopic (exact) mass is 347 g/mol. The molecule has 1 heterocycles. The molecule has 0 aliphatic carbocycles. The van der Waals surface area contributed by atoms with Gasteiger partial charge in [0.15, 0.2) is 0 Å². The number of rotatable bonds is 5. The Balaban J connectivity index is 2.00. The fraction of sp³-hybridized carbons (Fsp3) is 0.556. The van der Waals surface area contributed by atoms with Gasteiger partial charge in [-0.1, -0.05) is 26.0 Å². The highest BCUT2D eigenvalue weighted by molar-refractivity contribution is 5.82. The van der Waals surface area contributed by atoms with Crippen molar-refractivity contribution in [2.45, 2.75) is 33.2 Å². The number of hydrogen-bond acceptors (Lipinski definition) is 4. The number of carbonyl (C=O) groups is 2. The summed E-state index contributed by atoms with van der Waals surface area (Å²) in [7, 11) is 1.70. The van der Waals surface area contributed by atoms with Crippen molar-refractivity contribution in [2.24, 2.45) is 11.8 Å². The zero-order valence-corrected chi connectivity index (χ0v) is 15.0. The number of piperidine rings is 1. The minimum atomic E-state index is -0.443. The summed E-state index contributed by atoms with van der Waals surface area (Å²) in [6.07, 6.45) is 1.58. The summed E-state index contributed by atoms with van der Waals surface area (Å²) in [6.45, 7) is 5.20. The van der Waals surface area contributed by atoms with Crippen molar-refractivity contribution in [1.82, 2.24) is 9.80 Å². The Bertz CT molecular complexity index is 659. The largest absolute Gasteiger partial charge is 0.342 e. The maximum absolute atomic E-state index is 12.7. The highest BCUT2D eigenvalue weighted by atomic mass is 16.6. The lowest BCUT2D eigenvalue weighted by molar-refractivity contribution is -0.384. The number of likely N-dealkylation sites (tertiary alicyclic amines) is 1. The fourth-order valence-corrected chi connectivity index (χ4v) is 3.18. The lowest BCUT2D eigenvalue weighted by Gasteiger charge is -2.35. The summed E-state index contributed by atoms with van der Waals surface area (Å²) in [5.41, 5.74) is 0.737. The topological polar surface area (TPSA) is 83.8 Å². The molecule has 2 amide bonds. The zero-order valence-electron chi connectivity index (χ0n) is 15.0. The smallest absolute Gasteiger partial charge is 0.269 e. The van der Waals surface area contributed by atoms with E-state index in [-0.39, 0.29) is 29.3 Å². The highest BCUT2D eigenvalue weighted by Gasteiger charge is 2.30. The quantitative estimate of drug-likeness (QED) is 0.605. The maximum Gasteiger partial charge on any atom is 0.269 e. The van der Waals surface area contributed by atoms with Crippen molar-refractivity contribution in [3.8, 4) is 0 Å². The van der Waals surface area contributed by atoms with Crippen molar-refractivity contribution in [1.29, 1.82) is 0 Å². The highest BCUT2D eigenvalue weighted by Crippen LogP contribution is 2.21. The number of non-ortho nitro benzene ring substituents is 1. The predicted octanol–water partition coefficient (Wildman–Crippen LogP) is 2.45. The van der Waals surface area contributed by atoms with Crippen LogP contribution < -0.4 is 0 Å². The average molecular weight is 347 g/mol. The molecule has 0 radical (unpaired) electrons. The first kappa shape index (κ1) is 18.9. The molecule has 1 aliphatic rings. The minimum Gasteiger partial charge on any atom is -0.342 e. The van der Waals surface area contributed by atoms with Gasteiger partial charge >= 0.3 is 0 Å². The molecule has 1 unspecified atom stereocenters. The first-order valence-corrected chi connectivity index (χ1v) is 8.56. The van der Waals surface area contributed by atoms with Gasteiger partial charge in [-0.05, 0) is 18.4 Å². The van der Waals surface area contributed by atoms with E-state index in [4.69, 9.17) is 0 Å². The SMILES string of the molecule is CC(C)C(=O)N1CCCC(C(=O)N(C)Cc2cccc([N+](=O)[O-])c2)C1. The first-order chi connectivity index (χ1) is 11.8. The second kappa shape index (κ2) is 8.09. The first-order valence-electron chi connectivity index (χ1n) is 8.56. The van der Waals surface area contributed by atoms with Crippen LogP contribution in [0, 0.1) is 22.0 Å². The molecule has 0 spiro atoms. The maximum atomic E-state index is 12.7. The molecule has 1 fully saturated rings. The molecule has 0 N–H and O–H groups in total. The van der Waals surface area contributed by atoms with Crippen molar-refractivity contribution < 1.29 is 14.5 Å². The second-order valence-electron chi connectivity index (χ2n) is 6.90. The Morgan fingerprint density at radius 1 is 1.40 bits per heavy atom. The summed E-state index contributed by atoms with van der Waals surface area (Å²) in [5.74, 6) is -0.219. The summed E-state index contributed by atoms with van der Waals surface area (Å²) in [5, 5.41) is 10.9. The van der Waals surface area contributed by atoms with E-state index in [1.165, 1.54) is 12.1 Å². The molecule has 7 heteroatoms. The van der Waals surface area contributed by atoms with E-state index >= 15 is 0 Å². The zero-order chi connectivity index (χ0) is 18.6. The number of nitro benzene ring substituents is 1. The van der Waals surface area contributed by atoms with Crippen molar-refractivity contribution in [2.75, 3.05) is 20.1 Å². The summed E-state index contributed by atoms with van der Waals surface area (Å²) < 4.78 is 0. The Labute approximate surface area is 147 Å². The van der Waals surface area contributed by atoms with Crippen LogP contribution in [0.4, 0.5) is 5.69 Å². The molecule has 2 rings (SSSR count). The molecule has 1 aromatic rings. The molecule has 0 bridgehead atoms. The van der Waals surface area contributed by atoms with Gasteiger partial charge in [-0.3, -0.25) is 19.7 Å². The molecular weight excluding hydrogens is 322 g/mol. The number of amides is 2. The van der Waals surface area contributed by atoms with Crippen LogP contribution in [-0.4, -0.2) is 46.7 Å². The van der Waals surface area contributed by atoms with Gasteiger partial charge in [0.25, 0.3) is 5.69 Å². The van der Waals surface area contributed by atoms with E-state index in [9.17, 15) is 19.7 Å². The van der Waals surface area contributed by atoms with Crippen LogP contribution in [0.5, 0.6) is 0 Å². The van der Waals surface area contributed by atoms with E-state index in [0.29, 0.717) is 19.6 Å².